The van der Waals surface area contributed by atoms with E-state index in [2.05, 4.69) is 11.8 Å². The highest BCUT2D eigenvalue weighted by Crippen LogP contribution is 2.25. The second-order valence-corrected chi connectivity index (χ2v) is 4.74. The summed E-state index contributed by atoms with van der Waals surface area (Å²) in [7, 11) is 0. The lowest BCUT2D eigenvalue weighted by Crippen LogP contribution is -2.44. The quantitative estimate of drug-likeness (QED) is 0.849. The van der Waals surface area contributed by atoms with Crippen LogP contribution in [-0.4, -0.2) is 42.4 Å². The van der Waals surface area contributed by atoms with Crippen molar-refractivity contribution in [2.45, 2.75) is 19.1 Å². The van der Waals surface area contributed by atoms with E-state index in [-0.39, 0.29) is 6.10 Å². The molecule has 0 aromatic carbocycles. The van der Waals surface area contributed by atoms with Gasteiger partial charge < -0.3 is 9.84 Å². The number of nitrogens with zero attached hydrogens (tertiary/aromatic N) is 1. The fraction of sp³-hybridized carbons (Fsp3) is 0.636. The second-order valence-electron chi connectivity index (χ2n) is 3.76. The lowest BCUT2D eigenvalue weighted by molar-refractivity contribution is -0.0878. The van der Waals surface area contributed by atoms with Crippen LogP contribution in [0.25, 0.3) is 0 Å². The SMILES string of the molecule is CCN1CCOC(C(O)c2cccs2)C1. The van der Waals surface area contributed by atoms with Gasteiger partial charge in [-0.1, -0.05) is 13.0 Å². The van der Waals surface area contributed by atoms with Gasteiger partial charge in [-0.3, -0.25) is 4.90 Å². The van der Waals surface area contributed by atoms with Gasteiger partial charge in [0.2, 0.25) is 0 Å². The molecule has 4 heteroatoms. The Labute approximate surface area is 94.3 Å². The molecule has 1 aliphatic rings. The minimum absolute atomic E-state index is 0.0719. The van der Waals surface area contributed by atoms with Crippen LogP contribution in [0.2, 0.25) is 0 Å². The highest BCUT2D eigenvalue weighted by Gasteiger charge is 2.27. The van der Waals surface area contributed by atoms with Crippen LogP contribution in [0.1, 0.15) is 17.9 Å². The molecule has 0 amide bonds. The molecule has 84 valence electrons. The minimum Gasteiger partial charge on any atom is -0.385 e. The van der Waals surface area contributed by atoms with E-state index in [9.17, 15) is 5.11 Å². The van der Waals surface area contributed by atoms with Crippen molar-refractivity contribution in [3.8, 4) is 0 Å². The first kappa shape index (κ1) is 11.1. The van der Waals surface area contributed by atoms with Crippen LogP contribution in [-0.2, 0) is 4.74 Å². The van der Waals surface area contributed by atoms with Crippen molar-refractivity contribution in [3.63, 3.8) is 0 Å². The van der Waals surface area contributed by atoms with Crippen LogP contribution in [0, 0.1) is 0 Å². The molecule has 0 radical (unpaired) electrons. The second kappa shape index (κ2) is 5.07. The smallest absolute Gasteiger partial charge is 0.115 e. The van der Waals surface area contributed by atoms with Crippen LogP contribution < -0.4 is 0 Å². The van der Waals surface area contributed by atoms with E-state index in [1.54, 1.807) is 11.3 Å². The number of ether oxygens (including phenoxy) is 1. The number of hydrogen-bond donors (Lipinski definition) is 1. The molecule has 1 fully saturated rings. The third-order valence-electron chi connectivity index (χ3n) is 2.81. The van der Waals surface area contributed by atoms with Crippen molar-refractivity contribution in [1.29, 1.82) is 0 Å². The lowest BCUT2D eigenvalue weighted by atomic mass is 10.1. The van der Waals surface area contributed by atoms with Crippen molar-refractivity contribution >= 4 is 11.3 Å². The number of rotatable bonds is 3. The average molecular weight is 227 g/mol. The molecule has 1 N–H and O–H groups in total. The molecule has 0 aliphatic carbocycles. The summed E-state index contributed by atoms with van der Waals surface area (Å²) in [5, 5.41) is 12.1. The summed E-state index contributed by atoms with van der Waals surface area (Å²) in [4.78, 5) is 3.31. The van der Waals surface area contributed by atoms with Gasteiger partial charge in [0, 0.05) is 18.0 Å². The van der Waals surface area contributed by atoms with Crippen LogP contribution in [0.15, 0.2) is 17.5 Å². The molecule has 1 saturated heterocycles. The summed E-state index contributed by atoms with van der Waals surface area (Å²) in [6.45, 7) is 5.69. The molecule has 2 unspecified atom stereocenters. The molecule has 2 heterocycles. The van der Waals surface area contributed by atoms with Crippen molar-refractivity contribution in [1.82, 2.24) is 4.90 Å². The summed E-state index contributed by atoms with van der Waals surface area (Å²) in [6.07, 6.45) is -0.545. The van der Waals surface area contributed by atoms with E-state index in [0.717, 1.165) is 31.1 Å². The standard InChI is InChI=1S/C11H17NO2S/c1-2-12-5-6-14-9(8-12)11(13)10-4-3-7-15-10/h3-4,7,9,11,13H,2,5-6,8H2,1H3. The third kappa shape index (κ3) is 2.58. The summed E-state index contributed by atoms with van der Waals surface area (Å²) in [5.41, 5.74) is 0. The first-order valence-electron chi connectivity index (χ1n) is 5.36. The zero-order valence-electron chi connectivity index (χ0n) is 8.93. The van der Waals surface area contributed by atoms with Crippen LogP contribution in [0.3, 0.4) is 0 Å². The highest BCUT2D eigenvalue weighted by molar-refractivity contribution is 7.10. The van der Waals surface area contributed by atoms with E-state index in [1.807, 2.05) is 17.5 Å². The Hall–Kier alpha value is -0.420. The largest absolute Gasteiger partial charge is 0.385 e. The molecule has 15 heavy (non-hydrogen) atoms. The maximum Gasteiger partial charge on any atom is 0.115 e. The molecular formula is C11H17NO2S. The third-order valence-corrected chi connectivity index (χ3v) is 3.75. The van der Waals surface area contributed by atoms with Crippen LogP contribution in [0.4, 0.5) is 0 Å². The van der Waals surface area contributed by atoms with E-state index in [4.69, 9.17) is 4.74 Å². The predicted molar refractivity (Wildman–Crippen MR) is 61.1 cm³/mol. The Morgan fingerprint density at radius 1 is 1.73 bits per heavy atom. The Balaban J connectivity index is 1.98. The first-order chi connectivity index (χ1) is 7.31. The van der Waals surface area contributed by atoms with Gasteiger partial charge in [0.25, 0.3) is 0 Å². The topological polar surface area (TPSA) is 32.7 Å². The molecule has 1 aliphatic heterocycles. The van der Waals surface area contributed by atoms with Crippen molar-refractivity contribution in [2.75, 3.05) is 26.2 Å². The Bertz CT molecular complexity index is 289. The Morgan fingerprint density at radius 3 is 3.27 bits per heavy atom. The van der Waals surface area contributed by atoms with Gasteiger partial charge in [0.05, 0.1) is 6.61 Å². The molecule has 3 nitrogen and oxygen atoms in total. The predicted octanol–water partition coefficient (Wildman–Crippen LogP) is 1.50. The van der Waals surface area contributed by atoms with E-state index in [1.165, 1.54) is 0 Å². The fourth-order valence-electron chi connectivity index (χ4n) is 1.85. The maximum atomic E-state index is 10.1. The van der Waals surface area contributed by atoms with Gasteiger partial charge in [-0.2, -0.15) is 0 Å². The van der Waals surface area contributed by atoms with Crippen molar-refractivity contribution in [3.05, 3.63) is 22.4 Å². The molecular weight excluding hydrogens is 210 g/mol. The zero-order chi connectivity index (χ0) is 10.7. The van der Waals surface area contributed by atoms with Gasteiger partial charge in [-0.05, 0) is 18.0 Å². The van der Waals surface area contributed by atoms with Gasteiger partial charge >= 0.3 is 0 Å². The monoisotopic (exact) mass is 227 g/mol. The zero-order valence-corrected chi connectivity index (χ0v) is 9.74. The molecule has 1 aromatic heterocycles. The molecule has 0 saturated carbocycles. The van der Waals surface area contributed by atoms with Gasteiger partial charge in [-0.25, -0.2) is 0 Å². The van der Waals surface area contributed by atoms with Gasteiger partial charge in [0.1, 0.15) is 12.2 Å². The normalized spacial score (nSPS) is 25.3. The summed E-state index contributed by atoms with van der Waals surface area (Å²) in [5.74, 6) is 0. The lowest BCUT2D eigenvalue weighted by Gasteiger charge is -2.34. The number of aliphatic hydroxyl groups is 1. The van der Waals surface area contributed by atoms with Crippen LogP contribution >= 0.6 is 11.3 Å². The molecule has 2 atom stereocenters. The molecule has 0 bridgehead atoms. The van der Waals surface area contributed by atoms with Crippen LogP contribution in [0.5, 0.6) is 0 Å². The number of hydrogen-bond acceptors (Lipinski definition) is 4. The molecule has 0 spiro atoms. The number of thiophene rings is 1. The highest BCUT2D eigenvalue weighted by atomic mass is 32.1. The van der Waals surface area contributed by atoms with Crippen molar-refractivity contribution < 1.29 is 9.84 Å². The number of likely N-dealkylation sites (N-methyl/N-ethyl adjacent to an activating group) is 1. The minimum atomic E-state index is -0.473. The Kier molecular flexibility index (Phi) is 3.75. The average Bonchev–Trinajstić information content (AvgIpc) is 2.81. The van der Waals surface area contributed by atoms with E-state index in [0.29, 0.717) is 0 Å². The summed E-state index contributed by atoms with van der Waals surface area (Å²) < 4.78 is 5.61. The van der Waals surface area contributed by atoms with Gasteiger partial charge in [-0.15, -0.1) is 11.3 Å². The van der Waals surface area contributed by atoms with E-state index >= 15 is 0 Å². The van der Waals surface area contributed by atoms with Gasteiger partial charge in [0.15, 0.2) is 0 Å². The fourth-order valence-corrected chi connectivity index (χ4v) is 2.62. The first-order valence-corrected chi connectivity index (χ1v) is 6.24. The Morgan fingerprint density at radius 2 is 2.60 bits per heavy atom. The van der Waals surface area contributed by atoms with E-state index < -0.39 is 6.10 Å². The maximum absolute atomic E-state index is 10.1. The van der Waals surface area contributed by atoms with Crippen molar-refractivity contribution in [2.24, 2.45) is 0 Å². The number of aliphatic hydroxyl groups excluding tert-OH is 1. The summed E-state index contributed by atoms with van der Waals surface area (Å²) in [6, 6.07) is 3.92. The summed E-state index contributed by atoms with van der Waals surface area (Å²) >= 11 is 1.58. The molecule has 1 aromatic rings. The number of morpholine rings is 1. The molecule has 2 rings (SSSR count).